The maximum Gasteiger partial charge on any atom is 0.278 e. The standard InChI is InChI=1S/C19H22FN3O2/c1-3-14-7-6-10-22(12-14)19(25)18-17(24)11-13(2)23(21-18)16-9-5-4-8-15(16)20/h4-5,8-9,11,14H,3,6-7,10,12H2,1-2H3. The van der Waals surface area contributed by atoms with Crippen molar-refractivity contribution in [1.29, 1.82) is 0 Å². The molecule has 0 saturated carbocycles. The molecular formula is C19H22FN3O2. The van der Waals surface area contributed by atoms with E-state index >= 15 is 0 Å². The molecule has 1 aromatic carbocycles. The minimum absolute atomic E-state index is 0.148. The molecule has 132 valence electrons. The molecule has 0 aliphatic carbocycles. The van der Waals surface area contributed by atoms with Gasteiger partial charge in [-0.3, -0.25) is 9.59 Å². The van der Waals surface area contributed by atoms with Crippen LogP contribution in [0.2, 0.25) is 0 Å². The fourth-order valence-corrected chi connectivity index (χ4v) is 3.30. The second-order valence-electron chi connectivity index (χ2n) is 6.53. The van der Waals surface area contributed by atoms with Crippen LogP contribution in [0, 0.1) is 18.7 Å². The second kappa shape index (κ2) is 7.17. The van der Waals surface area contributed by atoms with Crippen molar-refractivity contribution in [3.63, 3.8) is 0 Å². The van der Waals surface area contributed by atoms with Crippen LogP contribution >= 0.6 is 0 Å². The molecule has 1 aliphatic rings. The van der Waals surface area contributed by atoms with Crippen LogP contribution in [-0.2, 0) is 0 Å². The molecule has 3 rings (SSSR count). The number of para-hydroxylation sites is 1. The van der Waals surface area contributed by atoms with Crippen LogP contribution in [0.25, 0.3) is 5.69 Å². The van der Waals surface area contributed by atoms with Crippen LogP contribution in [0.15, 0.2) is 35.1 Å². The average Bonchev–Trinajstić information content (AvgIpc) is 2.62. The number of rotatable bonds is 3. The Morgan fingerprint density at radius 1 is 1.36 bits per heavy atom. The lowest BCUT2D eigenvalue weighted by Gasteiger charge is -2.32. The zero-order valence-corrected chi connectivity index (χ0v) is 14.5. The Morgan fingerprint density at radius 2 is 2.12 bits per heavy atom. The SMILES string of the molecule is CCC1CCCN(C(=O)c2nn(-c3ccccc3F)c(C)cc2=O)C1. The highest BCUT2D eigenvalue weighted by Gasteiger charge is 2.26. The summed E-state index contributed by atoms with van der Waals surface area (Å²) in [5, 5.41) is 4.20. The van der Waals surface area contributed by atoms with Crippen molar-refractivity contribution in [2.24, 2.45) is 5.92 Å². The third-order valence-electron chi connectivity index (χ3n) is 4.77. The van der Waals surface area contributed by atoms with Gasteiger partial charge in [-0.2, -0.15) is 5.10 Å². The molecule has 5 nitrogen and oxygen atoms in total. The van der Waals surface area contributed by atoms with Gasteiger partial charge in [0.2, 0.25) is 5.43 Å². The molecule has 1 aliphatic heterocycles. The Hall–Kier alpha value is -2.50. The molecule has 1 atom stereocenters. The lowest BCUT2D eigenvalue weighted by Crippen LogP contribution is -2.42. The van der Waals surface area contributed by atoms with Crippen molar-refractivity contribution < 1.29 is 9.18 Å². The maximum atomic E-state index is 14.1. The van der Waals surface area contributed by atoms with Crippen LogP contribution < -0.4 is 5.43 Å². The molecule has 6 heteroatoms. The summed E-state index contributed by atoms with van der Waals surface area (Å²) in [5.74, 6) is -0.366. The number of benzene rings is 1. The molecule has 0 radical (unpaired) electrons. The van der Waals surface area contributed by atoms with E-state index in [0.29, 0.717) is 24.7 Å². The molecule has 1 amide bonds. The van der Waals surface area contributed by atoms with Gasteiger partial charge in [0, 0.05) is 24.8 Å². The van der Waals surface area contributed by atoms with Gasteiger partial charge >= 0.3 is 0 Å². The first-order chi connectivity index (χ1) is 12.0. The molecule has 1 saturated heterocycles. The minimum Gasteiger partial charge on any atom is -0.337 e. The van der Waals surface area contributed by atoms with E-state index in [2.05, 4.69) is 12.0 Å². The molecule has 0 spiro atoms. The Bertz CT molecular complexity index is 847. The molecule has 1 unspecified atom stereocenters. The molecule has 1 aromatic heterocycles. The molecule has 0 bridgehead atoms. The average molecular weight is 343 g/mol. The van der Waals surface area contributed by atoms with Gasteiger partial charge < -0.3 is 4.90 Å². The summed E-state index contributed by atoms with van der Waals surface area (Å²) in [6, 6.07) is 7.51. The zero-order valence-electron chi connectivity index (χ0n) is 14.5. The Labute approximate surface area is 146 Å². The van der Waals surface area contributed by atoms with E-state index in [-0.39, 0.29) is 17.3 Å². The summed E-state index contributed by atoms with van der Waals surface area (Å²) in [5.41, 5.74) is 0.134. The Kier molecular flexibility index (Phi) is 4.97. The predicted molar refractivity (Wildman–Crippen MR) is 93.4 cm³/mol. The van der Waals surface area contributed by atoms with Gasteiger partial charge in [-0.1, -0.05) is 25.5 Å². The van der Waals surface area contributed by atoms with Crippen LogP contribution in [0.3, 0.4) is 0 Å². The molecule has 2 aromatic rings. The van der Waals surface area contributed by atoms with Crippen molar-refractivity contribution >= 4 is 5.91 Å². The summed E-state index contributed by atoms with van der Waals surface area (Å²) < 4.78 is 15.4. The number of hydrogen-bond donors (Lipinski definition) is 0. The van der Waals surface area contributed by atoms with Crippen LogP contribution in [0.5, 0.6) is 0 Å². The highest BCUT2D eigenvalue weighted by molar-refractivity contribution is 5.92. The number of nitrogens with zero attached hydrogens (tertiary/aromatic N) is 3. The van der Waals surface area contributed by atoms with Gasteiger partial charge in [-0.15, -0.1) is 0 Å². The molecule has 2 heterocycles. The van der Waals surface area contributed by atoms with Crippen molar-refractivity contribution in [2.75, 3.05) is 13.1 Å². The van der Waals surface area contributed by atoms with E-state index in [0.717, 1.165) is 19.3 Å². The highest BCUT2D eigenvalue weighted by atomic mass is 19.1. The topological polar surface area (TPSA) is 55.2 Å². The van der Waals surface area contributed by atoms with E-state index in [9.17, 15) is 14.0 Å². The van der Waals surface area contributed by atoms with E-state index in [1.165, 1.54) is 16.8 Å². The number of hydrogen-bond acceptors (Lipinski definition) is 3. The van der Waals surface area contributed by atoms with Gasteiger partial charge in [0.1, 0.15) is 11.5 Å². The zero-order chi connectivity index (χ0) is 18.0. The van der Waals surface area contributed by atoms with Crippen LogP contribution in [-0.4, -0.2) is 33.7 Å². The lowest BCUT2D eigenvalue weighted by atomic mass is 9.95. The smallest absolute Gasteiger partial charge is 0.278 e. The van der Waals surface area contributed by atoms with E-state index in [4.69, 9.17) is 0 Å². The Morgan fingerprint density at radius 3 is 2.84 bits per heavy atom. The number of aryl methyl sites for hydroxylation is 1. The summed E-state index contributed by atoms with van der Waals surface area (Å²) in [6.45, 7) is 5.05. The minimum atomic E-state index is -0.454. The van der Waals surface area contributed by atoms with Crippen LogP contribution in [0.4, 0.5) is 4.39 Å². The monoisotopic (exact) mass is 343 g/mol. The van der Waals surface area contributed by atoms with E-state index < -0.39 is 11.2 Å². The van der Waals surface area contributed by atoms with Gasteiger partial charge in [0.25, 0.3) is 5.91 Å². The van der Waals surface area contributed by atoms with E-state index in [1.54, 1.807) is 30.0 Å². The quantitative estimate of drug-likeness (QED) is 0.861. The first-order valence-electron chi connectivity index (χ1n) is 8.66. The molecule has 1 fully saturated rings. The Balaban J connectivity index is 2.00. The number of aromatic nitrogens is 2. The fraction of sp³-hybridized carbons (Fsp3) is 0.421. The number of amides is 1. The van der Waals surface area contributed by atoms with Crippen molar-refractivity contribution in [1.82, 2.24) is 14.7 Å². The second-order valence-corrected chi connectivity index (χ2v) is 6.53. The van der Waals surface area contributed by atoms with Gasteiger partial charge in [-0.05, 0) is 37.8 Å². The number of carbonyl (C=O) groups excluding carboxylic acids is 1. The van der Waals surface area contributed by atoms with Crippen molar-refractivity contribution in [3.05, 3.63) is 57.8 Å². The lowest BCUT2D eigenvalue weighted by molar-refractivity contribution is 0.0661. The van der Waals surface area contributed by atoms with Gasteiger partial charge in [0.05, 0.1) is 0 Å². The number of carbonyl (C=O) groups is 1. The number of halogens is 1. The van der Waals surface area contributed by atoms with Gasteiger partial charge in [0.15, 0.2) is 5.69 Å². The van der Waals surface area contributed by atoms with Crippen molar-refractivity contribution in [3.8, 4) is 5.69 Å². The normalized spacial score (nSPS) is 17.6. The van der Waals surface area contributed by atoms with E-state index in [1.807, 2.05) is 0 Å². The van der Waals surface area contributed by atoms with Crippen molar-refractivity contribution in [2.45, 2.75) is 33.1 Å². The van der Waals surface area contributed by atoms with Crippen LogP contribution in [0.1, 0.15) is 42.4 Å². The maximum absolute atomic E-state index is 14.1. The molecule has 0 N–H and O–H groups in total. The first kappa shape index (κ1) is 17.3. The summed E-state index contributed by atoms with van der Waals surface area (Å²) in [4.78, 5) is 26.8. The molecular weight excluding hydrogens is 321 g/mol. The highest BCUT2D eigenvalue weighted by Crippen LogP contribution is 2.20. The summed E-state index contributed by atoms with van der Waals surface area (Å²) in [7, 11) is 0. The molecule has 25 heavy (non-hydrogen) atoms. The number of piperidine rings is 1. The predicted octanol–water partition coefficient (Wildman–Crippen LogP) is 2.94. The third kappa shape index (κ3) is 3.48. The summed E-state index contributed by atoms with van der Waals surface area (Å²) >= 11 is 0. The fourth-order valence-electron chi connectivity index (χ4n) is 3.30. The summed E-state index contributed by atoms with van der Waals surface area (Å²) in [6.07, 6.45) is 3.03. The first-order valence-corrected chi connectivity index (χ1v) is 8.66. The van der Waals surface area contributed by atoms with Gasteiger partial charge in [-0.25, -0.2) is 9.07 Å². The third-order valence-corrected chi connectivity index (χ3v) is 4.77. The largest absolute Gasteiger partial charge is 0.337 e. The number of likely N-dealkylation sites (tertiary alicyclic amines) is 1.